The van der Waals surface area contributed by atoms with Crippen molar-refractivity contribution in [3.63, 3.8) is 0 Å². The van der Waals surface area contributed by atoms with E-state index in [4.69, 9.17) is 9.72 Å². The highest BCUT2D eigenvalue weighted by Crippen LogP contribution is 2.18. The van der Waals surface area contributed by atoms with E-state index in [-0.39, 0.29) is 5.91 Å². The first-order valence-corrected chi connectivity index (χ1v) is 11.4. The second-order valence-electron chi connectivity index (χ2n) is 7.83. The molecular formula is C24H34N6O2. The Labute approximate surface area is 190 Å². The summed E-state index contributed by atoms with van der Waals surface area (Å²) in [5.74, 6) is 2.41. The SMILES string of the molecule is CCN(CC)C(=O)CCCc1nc(NN=Cc2cccc(C)c2)cc(N2CCOCC2)n1. The number of amides is 1. The summed E-state index contributed by atoms with van der Waals surface area (Å²) in [5.41, 5.74) is 5.26. The summed E-state index contributed by atoms with van der Waals surface area (Å²) < 4.78 is 5.47. The van der Waals surface area contributed by atoms with E-state index in [1.807, 2.05) is 36.9 Å². The van der Waals surface area contributed by atoms with Crippen molar-refractivity contribution >= 4 is 23.8 Å². The molecule has 2 aromatic rings. The maximum absolute atomic E-state index is 12.3. The van der Waals surface area contributed by atoms with E-state index in [2.05, 4.69) is 39.5 Å². The number of hydrogen-bond donors (Lipinski definition) is 1. The topological polar surface area (TPSA) is 83.0 Å². The highest BCUT2D eigenvalue weighted by atomic mass is 16.5. The zero-order chi connectivity index (χ0) is 22.8. The molecule has 8 heteroatoms. The molecule has 0 radical (unpaired) electrons. The minimum absolute atomic E-state index is 0.181. The van der Waals surface area contributed by atoms with Gasteiger partial charge in [0.2, 0.25) is 5.91 Å². The van der Waals surface area contributed by atoms with Gasteiger partial charge in [0.1, 0.15) is 11.6 Å². The molecule has 8 nitrogen and oxygen atoms in total. The molecular weight excluding hydrogens is 404 g/mol. The van der Waals surface area contributed by atoms with Crippen molar-refractivity contribution in [1.82, 2.24) is 14.9 Å². The molecule has 0 saturated carbocycles. The monoisotopic (exact) mass is 438 g/mol. The number of aromatic nitrogens is 2. The molecule has 1 aromatic heterocycles. The lowest BCUT2D eigenvalue weighted by molar-refractivity contribution is -0.130. The third-order valence-electron chi connectivity index (χ3n) is 5.44. The first kappa shape index (κ1) is 23.7. The number of nitrogens with zero attached hydrogens (tertiary/aromatic N) is 5. The quantitative estimate of drug-likeness (QED) is 0.453. The maximum Gasteiger partial charge on any atom is 0.222 e. The van der Waals surface area contributed by atoms with Crippen LogP contribution in [0.5, 0.6) is 0 Å². The van der Waals surface area contributed by atoms with E-state index < -0.39 is 0 Å². The lowest BCUT2D eigenvalue weighted by Gasteiger charge is -2.28. The molecule has 32 heavy (non-hydrogen) atoms. The van der Waals surface area contributed by atoms with Gasteiger partial charge in [-0.05, 0) is 32.8 Å². The average molecular weight is 439 g/mol. The number of hydrogen-bond acceptors (Lipinski definition) is 7. The van der Waals surface area contributed by atoms with Crippen LogP contribution in [0.25, 0.3) is 0 Å². The third-order valence-corrected chi connectivity index (χ3v) is 5.44. The van der Waals surface area contributed by atoms with E-state index in [1.54, 1.807) is 6.21 Å². The minimum atomic E-state index is 0.181. The van der Waals surface area contributed by atoms with Gasteiger partial charge in [0.15, 0.2) is 5.82 Å². The first-order valence-electron chi connectivity index (χ1n) is 11.4. The Kier molecular flexibility index (Phi) is 8.98. The van der Waals surface area contributed by atoms with Crippen molar-refractivity contribution in [3.8, 4) is 0 Å². The number of carbonyl (C=O) groups is 1. The average Bonchev–Trinajstić information content (AvgIpc) is 2.80. The van der Waals surface area contributed by atoms with Crippen molar-refractivity contribution in [1.29, 1.82) is 0 Å². The predicted molar refractivity (Wildman–Crippen MR) is 128 cm³/mol. The molecule has 0 atom stereocenters. The van der Waals surface area contributed by atoms with Gasteiger partial charge in [-0.2, -0.15) is 5.10 Å². The van der Waals surface area contributed by atoms with Gasteiger partial charge in [-0.3, -0.25) is 10.2 Å². The molecule has 1 saturated heterocycles. The van der Waals surface area contributed by atoms with E-state index in [0.717, 1.165) is 43.4 Å². The summed E-state index contributed by atoms with van der Waals surface area (Å²) in [5, 5.41) is 4.36. The Morgan fingerprint density at radius 3 is 2.72 bits per heavy atom. The Morgan fingerprint density at radius 2 is 2.00 bits per heavy atom. The van der Waals surface area contributed by atoms with Gasteiger partial charge < -0.3 is 14.5 Å². The molecule has 1 aliphatic rings. The summed E-state index contributed by atoms with van der Waals surface area (Å²) in [4.78, 5) is 25.8. The van der Waals surface area contributed by atoms with Crippen LogP contribution < -0.4 is 10.3 Å². The van der Waals surface area contributed by atoms with Crippen LogP contribution in [0.4, 0.5) is 11.6 Å². The summed E-state index contributed by atoms with van der Waals surface area (Å²) in [6.45, 7) is 10.5. The van der Waals surface area contributed by atoms with Crippen LogP contribution in [0.15, 0.2) is 35.4 Å². The first-order chi connectivity index (χ1) is 15.6. The molecule has 2 heterocycles. The van der Waals surface area contributed by atoms with Crippen LogP contribution in [0.2, 0.25) is 0 Å². The molecule has 0 aliphatic carbocycles. The number of carbonyl (C=O) groups excluding carboxylic acids is 1. The molecule has 1 amide bonds. The Morgan fingerprint density at radius 1 is 1.22 bits per heavy atom. The highest BCUT2D eigenvalue weighted by Gasteiger charge is 2.16. The zero-order valence-electron chi connectivity index (χ0n) is 19.4. The Bertz CT molecular complexity index is 907. The molecule has 0 bridgehead atoms. The van der Waals surface area contributed by atoms with Gasteiger partial charge in [0, 0.05) is 45.1 Å². The highest BCUT2D eigenvalue weighted by molar-refractivity contribution is 5.80. The van der Waals surface area contributed by atoms with Gasteiger partial charge in [-0.1, -0.05) is 29.8 Å². The summed E-state index contributed by atoms with van der Waals surface area (Å²) in [6.07, 6.45) is 3.64. The summed E-state index contributed by atoms with van der Waals surface area (Å²) in [6, 6.07) is 10.1. The van der Waals surface area contributed by atoms with E-state index >= 15 is 0 Å². The van der Waals surface area contributed by atoms with Gasteiger partial charge >= 0.3 is 0 Å². The fourth-order valence-corrected chi connectivity index (χ4v) is 3.66. The third kappa shape index (κ3) is 7.02. The molecule has 0 spiro atoms. The lowest BCUT2D eigenvalue weighted by Crippen LogP contribution is -2.37. The number of anilines is 2. The van der Waals surface area contributed by atoms with Crippen molar-refractivity contribution in [2.24, 2.45) is 5.10 Å². The Balaban J connectivity index is 1.70. The molecule has 172 valence electrons. The number of benzene rings is 1. The second-order valence-corrected chi connectivity index (χ2v) is 7.83. The van der Waals surface area contributed by atoms with Crippen molar-refractivity contribution in [2.75, 3.05) is 49.7 Å². The number of hydrazone groups is 1. The van der Waals surface area contributed by atoms with E-state index in [9.17, 15) is 4.79 Å². The van der Waals surface area contributed by atoms with Crippen LogP contribution in [0, 0.1) is 6.92 Å². The smallest absolute Gasteiger partial charge is 0.222 e. The normalized spacial score (nSPS) is 14.0. The summed E-state index contributed by atoms with van der Waals surface area (Å²) >= 11 is 0. The fraction of sp³-hybridized carbons (Fsp3) is 0.500. The van der Waals surface area contributed by atoms with Gasteiger partial charge in [0.25, 0.3) is 0 Å². The molecule has 0 unspecified atom stereocenters. The van der Waals surface area contributed by atoms with Crippen molar-refractivity contribution in [2.45, 2.75) is 40.0 Å². The number of nitrogens with one attached hydrogen (secondary N) is 1. The predicted octanol–water partition coefficient (Wildman–Crippen LogP) is 3.26. The number of ether oxygens (including phenoxy) is 1. The Hall–Kier alpha value is -3.00. The second kappa shape index (κ2) is 12.1. The lowest BCUT2D eigenvalue weighted by atomic mass is 10.2. The van der Waals surface area contributed by atoms with Crippen LogP contribution in [0.3, 0.4) is 0 Å². The van der Waals surface area contributed by atoms with Crippen molar-refractivity contribution in [3.05, 3.63) is 47.3 Å². The molecule has 1 fully saturated rings. The molecule has 1 aromatic carbocycles. The minimum Gasteiger partial charge on any atom is -0.378 e. The van der Waals surface area contributed by atoms with Gasteiger partial charge in [-0.15, -0.1) is 0 Å². The summed E-state index contributed by atoms with van der Waals surface area (Å²) in [7, 11) is 0. The van der Waals surface area contributed by atoms with Crippen LogP contribution in [0.1, 0.15) is 43.6 Å². The van der Waals surface area contributed by atoms with E-state index in [1.165, 1.54) is 5.56 Å². The number of rotatable bonds is 10. The fourth-order valence-electron chi connectivity index (χ4n) is 3.66. The molecule has 1 N–H and O–H groups in total. The van der Waals surface area contributed by atoms with E-state index in [0.29, 0.717) is 38.3 Å². The molecule has 1 aliphatic heterocycles. The van der Waals surface area contributed by atoms with Crippen LogP contribution in [-0.4, -0.2) is 66.4 Å². The van der Waals surface area contributed by atoms with Gasteiger partial charge in [0.05, 0.1) is 19.4 Å². The van der Waals surface area contributed by atoms with Crippen molar-refractivity contribution < 1.29 is 9.53 Å². The molecule has 3 rings (SSSR count). The standard InChI is InChI=1S/C24H34N6O2/c1-4-29(5-2)24(31)11-7-10-21-26-22(17-23(27-21)30-12-14-32-15-13-30)28-25-18-20-9-6-8-19(3)16-20/h6,8-9,16-18H,4-5,7,10-15H2,1-3H3,(H,26,27,28). The zero-order valence-corrected chi connectivity index (χ0v) is 19.4. The van der Waals surface area contributed by atoms with Gasteiger partial charge in [-0.25, -0.2) is 9.97 Å². The number of morpholine rings is 1. The largest absolute Gasteiger partial charge is 0.378 e. The van der Waals surface area contributed by atoms with Crippen LogP contribution >= 0.6 is 0 Å². The number of aryl methyl sites for hydroxylation is 2. The maximum atomic E-state index is 12.3. The van der Waals surface area contributed by atoms with Crippen LogP contribution in [-0.2, 0) is 16.0 Å².